The van der Waals surface area contributed by atoms with Gasteiger partial charge >= 0.3 is 0 Å². The third kappa shape index (κ3) is 3.30. The molecule has 1 aromatic rings. The molecular formula is C18H28N4O. The standard InChI is InChI=1S/C18H28N4O/c1-2-5-15(6-3-1)16-7-4-8-22(16)18-13-17(19-14-20-18)21-9-11-23-12-10-21/h13-16H,1-12H2. The van der Waals surface area contributed by atoms with Gasteiger partial charge in [0.25, 0.3) is 0 Å². The van der Waals surface area contributed by atoms with Crippen LogP contribution < -0.4 is 9.80 Å². The van der Waals surface area contributed by atoms with E-state index < -0.39 is 0 Å². The van der Waals surface area contributed by atoms with Gasteiger partial charge in [-0.1, -0.05) is 19.3 Å². The van der Waals surface area contributed by atoms with E-state index in [0.717, 1.165) is 50.4 Å². The van der Waals surface area contributed by atoms with E-state index in [1.165, 1.54) is 44.9 Å². The van der Waals surface area contributed by atoms with Crippen LogP contribution in [0.15, 0.2) is 12.4 Å². The quantitative estimate of drug-likeness (QED) is 0.858. The van der Waals surface area contributed by atoms with E-state index >= 15 is 0 Å². The molecule has 1 aromatic heterocycles. The first-order valence-electron chi connectivity index (χ1n) is 9.33. The van der Waals surface area contributed by atoms with Crippen molar-refractivity contribution in [2.45, 2.75) is 51.0 Å². The zero-order valence-corrected chi connectivity index (χ0v) is 14.0. The average Bonchev–Trinajstić information content (AvgIpc) is 3.13. The molecule has 2 saturated heterocycles. The zero-order chi connectivity index (χ0) is 15.5. The lowest BCUT2D eigenvalue weighted by Gasteiger charge is -2.35. The Morgan fingerprint density at radius 1 is 0.870 bits per heavy atom. The van der Waals surface area contributed by atoms with Gasteiger partial charge in [0.2, 0.25) is 0 Å². The predicted octanol–water partition coefficient (Wildman–Crippen LogP) is 2.86. The maximum atomic E-state index is 5.45. The van der Waals surface area contributed by atoms with Gasteiger partial charge in [0, 0.05) is 31.7 Å². The van der Waals surface area contributed by atoms with Crippen molar-refractivity contribution in [3.05, 3.63) is 12.4 Å². The lowest BCUT2D eigenvalue weighted by Crippen LogP contribution is -2.38. The zero-order valence-electron chi connectivity index (χ0n) is 14.0. The Bertz CT molecular complexity index is 511. The fourth-order valence-electron chi connectivity index (χ4n) is 4.55. The van der Waals surface area contributed by atoms with Crippen molar-refractivity contribution in [2.75, 3.05) is 42.6 Å². The first kappa shape index (κ1) is 15.2. The Morgan fingerprint density at radius 2 is 1.65 bits per heavy atom. The van der Waals surface area contributed by atoms with Crippen LogP contribution in [0.1, 0.15) is 44.9 Å². The van der Waals surface area contributed by atoms with Gasteiger partial charge in [0.15, 0.2) is 0 Å². The molecule has 4 rings (SSSR count). The topological polar surface area (TPSA) is 41.5 Å². The largest absolute Gasteiger partial charge is 0.378 e. The monoisotopic (exact) mass is 316 g/mol. The minimum Gasteiger partial charge on any atom is -0.378 e. The average molecular weight is 316 g/mol. The third-order valence-electron chi connectivity index (χ3n) is 5.76. The van der Waals surface area contributed by atoms with Crippen LogP contribution >= 0.6 is 0 Å². The Labute approximate surface area is 139 Å². The van der Waals surface area contributed by atoms with Crippen LogP contribution in [0.4, 0.5) is 11.6 Å². The Kier molecular flexibility index (Phi) is 4.64. The normalized spacial score (nSPS) is 26.7. The van der Waals surface area contributed by atoms with Gasteiger partial charge in [-0.2, -0.15) is 0 Å². The van der Waals surface area contributed by atoms with Crippen LogP contribution in [0.25, 0.3) is 0 Å². The van der Waals surface area contributed by atoms with Crippen molar-refractivity contribution < 1.29 is 4.74 Å². The molecule has 2 aliphatic heterocycles. The molecule has 0 amide bonds. The highest BCUT2D eigenvalue weighted by molar-refractivity contribution is 5.51. The second-order valence-electron chi connectivity index (χ2n) is 7.13. The number of aromatic nitrogens is 2. The molecule has 23 heavy (non-hydrogen) atoms. The molecule has 0 spiro atoms. The van der Waals surface area contributed by atoms with E-state index in [4.69, 9.17) is 4.74 Å². The van der Waals surface area contributed by atoms with Gasteiger partial charge in [-0.3, -0.25) is 0 Å². The van der Waals surface area contributed by atoms with E-state index in [2.05, 4.69) is 25.8 Å². The first-order chi connectivity index (χ1) is 11.4. The van der Waals surface area contributed by atoms with Crippen molar-refractivity contribution in [2.24, 2.45) is 5.92 Å². The van der Waals surface area contributed by atoms with Crippen LogP contribution in [0.5, 0.6) is 0 Å². The highest BCUT2D eigenvalue weighted by Crippen LogP contribution is 2.36. The van der Waals surface area contributed by atoms with Gasteiger partial charge in [-0.15, -0.1) is 0 Å². The molecule has 3 heterocycles. The molecule has 1 saturated carbocycles. The lowest BCUT2D eigenvalue weighted by atomic mass is 9.83. The first-order valence-corrected chi connectivity index (χ1v) is 9.33. The summed E-state index contributed by atoms with van der Waals surface area (Å²) in [6.07, 6.45) is 11.5. The number of nitrogens with zero attached hydrogens (tertiary/aromatic N) is 4. The third-order valence-corrected chi connectivity index (χ3v) is 5.76. The van der Waals surface area contributed by atoms with E-state index in [-0.39, 0.29) is 0 Å². The van der Waals surface area contributed by atoms with Gasteiger partial charge in [0.1, 0.15) is 18.0 Å². The van der Waals surface area contributed by atoms with Crippen molar-refractivity contribution >= 4 is 11.6 Å². The second kappa shape index (κ2) is 7.04. The summed E-state index contributed by atoms with van der Waals surface area (Å²) in [5.41, 5.74) is 0. The fourth-order valence-corrected chi connectivity index (χ4v) is 4.55. The number of hydrogen-bond acceptors (Lipinski definition) is 5. The number of morpholine rings is 1. The SMILES string of the molecule is c1nc(N2CCOCC2)cc(N2CCCC2C2CCCCC2)n1. The molecule has 1 aliphatic carbocycles. The molecule has 1 unspecified atom stereocenters. The molecule has 0 aromatic carbocycles. The molecule has 0 bridgehead atoms. The number of rotatable bonds is 3. The summed E-state index contributed by atoms with van der Waals surface area (Å²) in [5.74, 6) is 3.07. The maximum Gasteiger partial charge on any atom is 0.134 e. The summed E-state index contributed by atoms with van der Waals surface area (Å²) in [6.45, 7) is 4.62. The van der Waals surface area contributed by atoms with Crippen LogP contribution in [0.3, 0.4) is 0 Å². The van der Waals surface area contributed by atoms with Crippen molar-refractivity contribution in [3.8, 4) is 0 Å². The van der Waals surface area contributed by atoms with E-state index in [1.807, 2.05) is 0 Å². The van der Waals surface area contributed by atoms with E-state index in [0.29, 0.717) is 6.04 Å². The summed E-state index contributed by atoms with van der Waals surface area (Å²) < 4.78 is 5.45. The molecule has 0 radical (unpaired) electrons. The summed E-state index contributed by atoms with van der Waals surface area (Å²) in [7, 11) is 0. The van der Waals surface area contributed by atoms with Crippen LogP contribution in [-0.2, 0) is 4.74 Å². The summed E-state index contributed by atoms with van der Waals surface area (Å²) >= 11 is 0. The molecule has 5 nitrogen and oxygen atoms in total. The molecular weight excluding hydrogens is 288 g/mol. The summed E-state index contributed by atoms with van der Waals surface area (Å²) in [6, 6.07) is 2.90. The van der Waals surface area contributed by atoms with Crippen molar-refractivity contribution in [1.29, 1.82) is 0 Å². The van der Waals surface area contributed by atoms with E-state index in [1.54, 1.807) is 6.33 Å². The van der Waals surface area contributed by atoms with Crippen LogP contribution in [0, 0.1) is 5.92 Å². The van der Waals surface area contributed by atoms with Crippen molar-refractivity contribution in [1.82, 2.24) is 9.97 Å². The Hall–Kier alpha value is -1.36. The predicted molar refractivity (Wildman–Crippen MR) is 92.0 cm³/mol. The van der Waals surface area contributed by atoms with Crippen molar-refractivity contribution in [3.63, 3.8) is 0 Å². The Morgan fingerprint density at radius 3 is 2.48 bits per heavy atom. The van der Waals surface area contributed by atoms with E-state index in [9.17, 15) is 0 Å². The van der Waals surface area contributed by atoms with Gasteiger partial charge < -0.3 is 14.5 Å². The molecule has 3 fully saturated rings. The lowest BCUT2D eigenvalue weighted by molar-refractivity contribution is 0.122. The Balaban J connectivity index is 1.51. The minimum absolute atomic E-state index is 0.697. The highest BCUT2D eigenvalue weighted by Gasteiger charge is 2.33. The summed E-state index contributed by atoms with van der Waals surface area (Å²) in [4.78, 5) is 14.0. The molecule has 126 valence electrons. The summed E-state index contributed by atoms with van der Waals surface area (Å²) in [5, 5.41) is 0. The van der Waals surface area contributed by atoms with Gasteiger partial charge in [-0.05, 0) is 31.6 Å². The molecule has 1 atom stereocenters. The molecule has 3 aliphatic rings. The van der Waals surface area contributed by atoms with Crippen LogP contribution in [-0.4, -0.2) is 48.9 Å². The highest BCUT2D eigenvalue weighted by atomic mass is 16.5. The second-order valence-corrected chi connectivity index (χ2v) is 7.13. The van der Waals surface area contributed by atoms with Gasteiger partial charge in [0.05, 0.1) is 13.2 Å². The van der Waals surface area contributed by atoms with Gasteiger partial charge in [-0.25, -0.2) is 9.97 Å². The number of anilines is 2. The molecule has 0 N–H and O–H groups in total. The fraction of sp³-hybridized carbons (Fsp3) is 0.778. The number of ether oxygens (including phenoxy) is 1. The smallest absolute Gasteiger partial charge is 0.134 e. The minimum atomic E-state index is 0.697. The maximum absolute atomic E-state index is 5.45. The molecule has 5 heteroatoms. The van der Waals surface area contributed by atoms with Crippen LogP contribution in [0.2, 0.25) is 0 Å². The number of hydrogen-bond donors (Lipinski definition) is 0.